The van der Waals surface area contributed by atoms with E-state index in [-0.39, 0.29) is 18.4 Å². The standard InChI is InChI=1S/C21H20BrClN4O3/c1-13(2)19(26-20(28)15-4-6-16(23)7-5-15)21(29)27-25-12-14-3-8-18(17(22)11-14)30-10-9-24/h3-8,11-13,19H,10H2,1-2H3,(H,26,28)(H,27,29)/b25-12-. The Hall–Kier alpha value is -2.89. The Bertz CT molecular complexity index is 971. The van der Waals surface area contributed by atoms with E-state index < -0.39 is 11.9 Å². The Morgan fingerprint density at radius 3 is 2.57 bits per heavy atom. The minimum atomic E-state index is -0.765. The first-order chi connectivity index (χ1) is 14.3. The Morgan fingerprint density at radius 2 is 1.97 bits per heavy atom. The van der Waals surface area contributed by atoms with E-state index in [2.05, 4.69) is 31.8 Å². The van der Waals surface area contributed by atoms with E-state index in [0.717, 1.165) is 0 Å². The molecule has 1 atom stereocenters. The first-order valence-electron chi connectivity index (χ1n) is 9.00. The normalized spacial score (nSPS) is 11.7. The Balaban J connectivity index is 1.99. The summed E-state index contributed by atoms with van der Waals surface area (Å²) in [7, 11) is 0. The highest BCUT2D eigenvalue weighted by atomic mass is 79.9. The fourth-order valence-electron chi connectivity index (χ4n) is 2.43. The summed E-state index contributed by atoms with van der Waals surface area (Å²) in [5.74, 6) is -0.428. The molecule has 0 heterocycles. The van der Waals surface area contributed by atoms with Crippen molar-refractivity contribution in [1.82, 2.24) is 10.7 Å². The van der Waals surface area contributed by atoms with Crippen molar-refractivity contribution in [3.8, 4) is 11.8 Å². The van der Waals surface area contributed by atoms with Gasteiger partial charge >= 0.3 is 0 Å². The topological polar surface area (TPSA) is 104 Å². The van der Waals surface area contributed by atoms with Crippen molar-refractivity contribution in [3.63, 3.8) is 0 Å². The van der Waals surface area contributed by atoms with Gasteiger partial charge in [-0.1, -0.05) is 25.4 Å². The minimum Gasteiger partial charge on any atom is -0.478 e. The quantitative estimate of drug-likeness (QED) is 0.431. The summed E-state index contributed by atoms with van der Waals surface area (Å²) in [6.45, 7) is 3.60. The van der Waals surface area contributed by atoms with Crippen LogP contribution in [0.1, 0.15) is 29.8 Å². The van der Waals surface area contributed by atoms with E-state index in [4.69, 9.17) is 21.6 Å². The average molecular weight is 492 g/mol. The smallest absolute Gasteiger partial charge is 0.262 e. The second-order valence-corrected chi connectivity index (χ2v) is 7.86. The predicted octanol–water partition coefficient (Wildman–Crippen LogP) is 3.91. The van der Waals surface area contributed by atoms with Crippen molar-refractivity contribution in [1.29, 1.82) is 5.26 Å². The van der Waals surface area contributed by atoms with Gasteiger partial charge in [-0.2, -0.15) is 10.4 Å². The number of rotatable bonds is 8. The van der Waals surface area contributed by atoms with Crippen molar-refractivity contribution >= 4 is 45.6 Å². The number of carbonyl (C=O) groups excluding carboxylic acids is 2. The lowest BCUT2D eigenvalue weighted by Gasteiger charge is -2.20. The molecule has 0 saturated carbocycles. The van der Waals surface area contributed by atoms with E-state index >= 15 is 0 Å². The molecule has 0 fully saturated rings. The van der Waals surface area contributed by atoms with Crippen LogP contribution in [0.3, 0.4) is 0 Å². The Kier molecular flexibility index (Phi) is 8.84. The number of nitrogens with zero attached hydrogens (tertiary/aromatic N) is 2. The molecule has 2 rings (SSSR count). The van der Waals surface area contributed by atoms with Crippen LogP contribution in [0.5, 0.6) is 5.75 Å². The maximum Gasteiger partial charge on any atom is 0.262 e. The molecule has 2 amide bonds. The minimum absolute atomic E-state index is 0.0551. The van der Waals surface area contributed by atoms with E-state index in [1.165, 1.54) is 6.21 Å². The molecule has 0 aromatic heterocycles. The largest absolute Gasteiger partial charge is 0.478 e. The average Bonchev–Trinajstić information content (AvgIpc) is 2.71. The van der Waals surface area contributed by atoms with Gasteiger partial charge in [0.15, 0.2) is 6.61 Å². The fourth-order valence-corrected chi connectivity index (χ4v) is 3.06. The van der Waals surface area contributed by atoms with Crippen LogP contribution in [0, 0.1) is 17.2 Å². The molecule has 0 bridgehead atoms. The highest BCUT2D eigenvalue weighted by Crippen LogP contribution is 2.25. The third kappa shape index (κ3) is 6.87. The maximum atomic E-state index is 12.5. The molecule has 0 spiro atoms. The van der Waals surface area contributed by atoms with Crippen LogP contribution in [0.2, 0.25) is 5.02 Å². The monoisotopic (exact) mass is 490 g/mol. The van der Waals surface area contributed by atoms with E-state index in [9.17, 15) is 9.59 Å². The zero-order chi connectivity index (χ0) is 22.1. The highest BCUT2D eigenvalue weighted by Gasteiger charge is 2.24. The number of benzene rings is 2. The molecule has 0 aliphatic heterocycles. The first kappa shape index (κ1) is 23.4. The van der Waals surface area contributed by atoms with Gasteiger partial charge in [0.2, 0.25) is 0 Å². The predicted molar refractivity (Wildman–Crippen MR) is 119 cm³/mol. The Labute approximate surface area is 188 Å². The number of nitriles is 1. The zero-order valence-electron chi connectivity index (χ0n) is 16.4. The molecule has 0 radical (unpaired) electrons. The van der Waals surface area contributed by atoms with Crippen LogP contribution < -0.4 is 15.5 Å². The SMILES string of the molecule is CC(C)C(NC(=O)c1ccc(Cl)cc1)C(=O)N/N=C\c1ccc(OCC#N)c(Br)c1. The van der Waals surface area contributed by atoms with Gasteiger partial charge in [0, 0.05) is 10.6 Å². The molecular weight excluding hydrogens is 472 g/mol. The van der Waals surface area contributed by atoms with E-state index in [1.807, 2.05) is 19.9 Å². The van der Waals surface area contributed by atoms with Crippen molar-refractivity contribution in [2.75, 3.05) is 6.61 Å². The summed E-state index contributed by atoms with van der Waals surface area (Å²) in [4.78, 5) is 24.9. The highest BCUT2D eigenvalue weighted by molar-refractivity contribution is 9.10. The summed E-state index contributed by atoms with van der Waals surface area (Å²) in [5.41, 5.74) is 3.57. The summed E-state index contributed by atoms with van der Waals surface area (Å²) in [6, 6.07) is 12.7. The first-order valence-corrected chi connectivity index (χ1v) is 10.2. The van der Waals surface area contributed by atoms with Gasteiger partial charge in [-0.3, -0.25) is 9.59 Å². The van der Waals surface area contributed by atoms with Crippen molar-refractivity contribution in [2.24, 2.45) is 11.0 Å². The van der Waals surface area contributed by atoms with Gasteiger partial charge in [0.05, 0.1) is 10.7 Å². The Morgan fingerprint density at radius 1 is 1.27 bits per heavy atom. The lowest BCUT2D eigenvalue weighted by molar-refractivity contribution is -0.123. The molecular formula is C21H20BrClN4O3. The maximum absolute atomic E-state index is 12.5. The third-order valence-corrected chi connectivity index (χ3v) is 4.85. The fraction of sp³-hybridized carbons (Fsp3) is 0.238. The number of hydrogen-bond acceptors (Lipinski definition) is 5. The molecule has 156 valence electrons. The van der Waals surface area contributed by atoms with Crippen LogP contribution in [0.15, 0.2) is 52.0 Å². The summed E-state index contributed by atoms with van der Waals surface area (Å²) >= 11 is 9.19. The number of hydrazone groups is 1. The number of carbonyl (C=O) groups is 2. The number of nitrogens with one attached hydrogen (secondary N) is 2. The van der Waals surface area contributed by atoms with Crippen LogP contribution >= 0.6 is 27.5 Å². The van der Waals surface area contributed by atoms with Gasteiger partial charge in [-0.05, 0) is 69.9 Å². The van der Waals surface area contributed by atoms with Crippen molar-refractivity contribution < 1.29 is 14.3 Å². The van der Waals surface area contributed by atoms with Crippen molar-refractivity contribution in [2.45, 2.75) is 19.9 Å². The zero-order valence-corrected chi connectivity index (χ0v) is 18.7. The van der Waals surface area contributed by atoms with Gasteiger partial charge < -0.3 is 10.1 Å². The number of halogens is 2. The van der Waals surface area contributed by atoms with Crippen LogP contribution in [0.25, 0.3) is 0 Å². The van der Waals surface area contributed by atoms with Crippen LogP contribution in [-0.4, -0.2) is 30.7 Å². The van der Waals surface area contributed by atoms with E-state index in [0.29, 0.717) is 26.4 Å². The molecule has 2 aromatic rings. The molecule has 30 heavy (non-hydrogen) atoms. The summed E-state index contributed by atoms with van der Waals surface area (Å²) in [6.07, 6.45) is 1.47. The number of ether oxygens (including phenoxy) is 1. The van der Waals surface area contributed by atoms with E-state index in [1.54, 1.807) is 42.5 Å². The summed E-state index contributed by atoms with van der Waals surface area (Å²) < 4.78 is 5.91. The van der Waals surface area contributed by atoms with Crippen LogP contribution in [-0.2, 0) is 4.79 Å². The molecule has 7 nitrogen and oxygen atoms in total. The molecule has 9 heteroatoms. The van der Waals surface area contributed by atoms with Crippen molar-refractivity contribution in [3.05, 3.63) is 63.1 Å². The van der Waals surface area contributed by atoms with Gasteiger partial charge in [-0.25, -0.2) is 5.43 Å². The molecule has 0 aliphatic rings. The van der Waals surface area contributed by atoms with Crippen LogP contribution in [0.4, 0.5) is 0 Å². The molecule has 2 aromatic carbocycles. The molecule has 1 unspecified atom stereocenters. The molecule has 0 aliphatic carbocycles. The van der Waals surface area contributed by atoms with Gasteiger partial charge in [0.1, 0.15) is 17.9 Å². The summed E-state index contributed by atoms with van der Waals surface area (Å²) in [5, 5.41) is 15.8. The molecule has 0 saturated heterocycles. The third-order valence-electron chi connectivity index (χ3n) is 3.98. The molecule has 2 N–H and O–H groups in total. The lowest BCUT2D eigenvalue weighted by atomic mass is 10.0. The van der Waals surface area contributed by atoms with Gasteiger partial charge in [0.25, 0.3) is 11.8 Å². The lowest BCUT2D eigenvalue weighted by Crippen LogP contribution is -2.48. The number of amides is 2. The number of hydrogen-bond donors (Lipinski definition) is 2. The van der Waals surface area contributed by atoms with Gasteiger partial charge in [-0.15, -0.1) is 0 Å². The second kappa shape index (κ2) is 11.3. The second-order valence-electron chi connectivity index (χ2n) is 6.57.